The van der Waals surface area contributed by atoms with E-state index in [0.717, 1.165) is 18.0 Å². The Bertz CT molecular complexity index is 902. The van der Waals surface area contributed by atoms with Gasteiger partial charge in [-0.25, -0.2) is 8.51 Å². The van der Waals surface area contributed by atoms with Crippen molar-refractivity contribution in [2.45, 2.75) is 90.8 Å². The first-order valence-electron chi connectivity index (χ1n) is 11.9. The first-order chi connectivity index (χ1) is 15.0. The van der Waals surface area contributed by atoms with E-state index in [1.807, 2.05) is 51.9 Å². The van der Waals surface area contributed by atoms with Crippen LogP contribution in [-0.2, 0) is 26.6 Å². The number of hydrogen-bond acceptors (Lipinski definition) is 3. The van der Waals surface area contributed by atoms with Crippen molar-refractivity contribution in [1.29, 1.82) is 0 Å². The third kappa shape index (κ3) is 7.01. The fourth-order valence-corrected chi connectivity index (χ4v) is 9.64. The molecule has 33 heavy (non-hydrogen) atoms. The second kappa shape index (κ2) is 10.6. The van der Waals surface area contributed by atoms with Crippen molar-refractivity contribution in [3.8, 4) is 0 Å². The molecule has 0 aliphatic carbocycles. The van der Waals surface area contributed by atoms with Gasteiger partial charge in [0.05, 0.1) is 12.8 Å². The average Bonchev–Trinajstić information content (AvgIpc) is 3.06. The van der Waals surface area contributed by atoms with Crippen LogP contribution in [0.25, 0.3) is 0 Å². The van der Waals surface area contributed by atoms with Gasteiger partial charge in [-0.1, -0.05) is 84.9 Å². The highest BCUT2D eigenvalue weighted by molar-refractivity contribution is 14.1. The van der Waals surface area contributed by atoms with Crippen molar-refractivity contribution in [2.75, 3.05) is 13.1 Å². The number of halogens is 1. The summed E-state index contributed by atoms with van der Waals surface area (Å²) in [6.07, 6.45) is 1.57. The molecule has 0 bridgehead atoms. The Labute approximate surface area is 218 Å². The van der Waals surface area contributed by atoms with Gasteiger partial charge in [0.15, 0.2) is 0 Å². The SMILES string of the molecule is CCC[C@]1(C(=O)OC(C)(C)C)CN([S@](=O)C(C)(C)C)C/C1=C(/I)[Si](C)(C)Cc1ccccc1. The molecule has 0 radical (unpaired) electrons. The molecule has 1 aromatic carbocycles. The van der Waals surface area contributed by atoms with Gasteiger partial charge < -0.3 is 4.74 Å². The third-order valence-corrected chi connectivity index (χ3v) is 15.5. The number of hydrogen-bond donors (Lipinski definition) is 0. The fraction of sp³-hybridized carbons (Fsp3) is 0.654. The zero-order chi connectivity index (χ0) is 25.2. The molecule has 0 spiro atoms. The van der Waals surface area contributed by atoms with Gasteiger partial charge in [-0.2, -0.15) is 0 Å². The van der Waals surface area contributed by atoms with Crippen LogP contribution in [-0.4, -0.2) is 46.0 Å². The molecule has 4 nitrogen and oxygen atoms in total. The average molecular weight is 604 g/mol. The molecule has 1 fully saturated rings. The highest BCUT2D eigenvalue weighted by Gasteiger charge is 2.54. The fourth-order valence-electron chi connectivity index (χ4n) is 4.48. The van der Waals surface area contributed by atoms with Crippen LogP contribution in [0.3, 0.4) is 0 Å². The van der Waals surface area contributed by atoms with Crippen molar-refractivity contribution in [2.24, 2.45) is 5.41 Å². The minimum absolute atomic E-state index is 0.168. The van der Waals surface area contributed by atoms with E-state index in [2.05, 4.69) is 66.9 Å². The molecule has 0 aromatic heterocycles. The van der Waals surface area contributed by atoms with Crippen molar-refractivity contribution < 1.29 is 13.7 Å². The van der Waals surface area contributed by atoms with Crippen molar-refractivity contribution in [3.63, 3.8) is 0 Å². The molecule has 0 N–H and O–H groups in total. The molecule has 186 valence electrons. The first kappa shape index (κ1) is 28.7. The smallest absolute Gasteiger partial charge is 0.318 e. The Hall–Kier alpha value is -0.513. The summed E-state index contributed by atoms with van der Waals surface area (Å²) in [5, 5.41) is 0. The van der Waals surface area contributed by atoms with Crippen molar-refractivity contribution >= 4 is 47.6 Å². The minimum Gasteiger partial charge on any atom is -0.459 e. The normalized spacial score (nSPS) is 22.8. The summed E-state index contributed by atoms with van der Waals surface area (Å²) in [5.41, 5.74) is 1.15. The van der Waals surface area contributed by atoms with Gasteiger partial charge in [-0.15, -0.1) is 0 Å². The van der Waals surface area contributed by atoms with E-state index in [1.165, 1.54) is 8.77 Å². The van der Waals surface area contributed by atoms with E-state index in [9.17, 15) is 9.00 Å². The Morgan fingerprint density at radius 1 is 1.15 bits per heavy atom. The summed E-state index contributed by atoms with van der Waals surface area (Å²) in [4.78, 5) is 13.8. The molecule has 1 aromatic rings. The lowest BCUT2D eigenvalue weighted by atomic mass is 9.79. The van der Waals surface area contributed by atoms with Crippen LogP contribution < -0.4 is 0 Å². The number of rotatable bonds is 7. The number of esters is 1. The van der Waals surface area contributed by atoms with Crippen molar-refractivity contribution in [3.05, 3.63) is 44.7 Å². The van der Waals surface area contributed by atoms with Gasteiger partial charge in [-0.3, -0.25) is 4.79 Å². The molecule has 0 saturated carbocycles. The zero-order valence-corrected chi connectivity index (χ0v) is 25.9. The summed E-state index contributed by atoms with van der Waals surface area (Å²) >= 11 is 2.51. The van der Waals surface area contributed by atoms with Crippen LogP contribution in [0.2, 0.25) is 13.1 Å². The number of nitrogens with zero attached hydrogens (tertiary/aromatic N) is 1. The van der Waals surface area contributed by atoms with Gasteiger partial charge in [0.25, 0.3) is 0 Å². The Kier molecular flexibility index (Phi) is 9.25. The van der Waals surface area contributed by atoms with Gasteiger partial charge in [0.2, 0.25) is 0 Å². The van der Waals surface area contributed by atoms with E-state index in [0.29, 0.717) is 19.5 Å². The molecule has 1 aliphatic rings. The van der Waals surface area contributed by atoms with E-state index in [4.69, 9.17) is 4.74 Å². The summed E-state index contributed by atoms with van der Waals surface area (Å²) in [5.74, 6) is -0.168. The second-order valence-corrected chi connectivity index (χ2v) is 20.8. The Morgan fingerprint density at radius 3 is 2.21 bits per heavy atom. The van der Waals surface area contributed by atoms with Crippen LogP contribution in [0.5, 0.6) is 0 Å². The Morgan fingerprint density at radius 2 is 1.73 bits per heavy atom. The molecule has 1 saturated heterocycles. The lowest BCUT2D eigenvalue weighted by Crippen LogP contribution is -2.43. The number of ether oxygens (including phenoxy) is 1. The van der Waals surface area contributed by atoms with Crippen LogP contribution in [0.15, 0.2) is 39.1 Å². The van der Waals surface area contributed by atoms with E-state index in [-0.39, 0.29) is 10.7 Å². The Balaban J connectivity index is 2.63. The number of benzene rings is 1. The number of carbonyl (C=O) groups is 1. The quantitative estimate of drug-likeness (QED) is 0.200. The largest absolute Gasteiger partial charge is 0.459 e. The lowest BCUT2D eigenvalue weighted by Gasteiger charge is -2.35. The molecule has 2 rings (SSSR count). The van der Waals surface area contributed by atoms with E-state index < -0.39 is 30.1 Å². The summed E-state index contributed by atoms with van der Waals surface area (Å²) in [6.45, 7) is 19.7. The van der Waals surface area contributed by atoms with Crippen LogP contribution in [0.1, 0.15) is 66.9 Å². The summed E-state index contributed by atoms with van der Waals surface area (Å²) in [6, 6.07) is 11.6. The molecule has 1 heterocycles. The first-order valence-corrected chi connectivity index (χ1v) is 17.3. The molecule has 2 atom stereocenters. The van der Waals surface area contributed by atoms with E-state index >= 15 is 0 Å². The number of carbonyl (C=O) groups excluding carboxylic acids is 1. The molecular weight excluding hydrogens is 561 g/mol. The highest BCUT2D eigenvalue weighted by Crippen LogP contribution is 2.48. The van der Waals surface area contributed by atoms with E-state index in [1.54, 1.807) is 0 Å². The highest BCUT2D eigenvalue weighted by atomic mass is 127. The minimum atomic E-state index is -1.91. The summed E-state index contributed by atoms with van der Waals surface area (Å²) < 4.78 is 22.4. The van der Waals surface area contributed by atoms with Crippen LogP contribution in [0, 0.1) is 5.41 Å². The zero-order valence-electron chi connectivity index (χ0n) is 21.9. The second-order valence-electron chi connectivity index (χ2n) is 11.8. The van der Waals surface area contributed by atoms with Gasteiger partial charge in [0, 0.05) is 13.1 Å². The molecule has 1 aliphatic heterocycles. The summed E-state index contributed by atoms with van der Waals surface area (Å²) in [7, 11) is -3.11. The van der Waals surface area contributed by atoms with Crippen molar-refractivity contribution in [1.82, 2.24) is 4.31 Å². The van der Waals surface area contributed by atoms with Gasteiger partial charge >= 0.3 is 5.97 Å². The third-order valence-electron chi connectivity index (χ3n) is 5.93. The standard InChI is InChI=1S/C26H42INO3SSi/c1-10-16-26(23(29)31-24(2,3)4)19-28(32(30)25(5,6)7)17-21(26)22(27)33(8,9)18-20-14-12-11-13-15-20/h11-15H,10,16-19H2,1-9H3/b22-21+/t26-,32+/m0/s1. The predicted molar refractivity (Wildman–Crippen MR) is 151 cm³/mol. The van der Waals surface area contributed by atoms with Crippen LogP contribution in [0.4, 0.5) is 0 Å². The topological polar surface area (TPSA) is 46.6 Å². The predicted octanol–water partition coefficient (Wildman–Crippen LogP) is 6.61. The molecular formula is C26H42INO3SSi. The molecule has 0 unspecified atom stereocenters. The van der Waals surface area contributed by atoms with Gasteiger partial charge in [-0.05, 0) is 62.8 Å². The maximum atomic E-state index is 13.8. The van der Waals surface area contributed by atoms with Crippen LogP contribution >= 0.6 is 22.6 Å². The maximum absolute atomic E-state index is 13.8. The monoisotopic (exact) mass is 603 g/mol. The molecule has 0 amide bonds. The van der Waals surface area contributed by atoms with Gasteiger partial charge in [0.1, 0.15) is 22.0 Å². The lowest BCUT2D eigenvalue weighted by molar-refractivity contribution is -0.165. The molecule has 7 heteroatoms. The maximum Gasteiger partial charge on any atom is 0.318 e.